The lowest BCUT2D eigenvalue weighted by Gasteiger charge is -2.29. The summed E-state index contributed by atoms with van der Waals surface area (Å²) in [5, 5.41) is 13.7. The van der Waals surface area contributed by atoms with Crippen molar-refractivity contribution in [1.82, 2.24) is 5.32 Å². The van der Waals surface area contributed by atoms with Crippen LogP contribution < -0.4 is 10.2 Å². The molecule has 0 radical (unpaired) electrons. The zero-order valence-electron chi connectivity index (χ0n) is 33.1. The van der Waals surface area contributed by atoms with Crippen molar-refractivity contribution < 1.29 is 32.9 Å². The van der Waals surface area contributed by atoms with Crippen LogP contribution in [0.25, 0.3) is 0 Å². The van der Waals surface area contributed by atoms with Gasteiger partial charge in [-0.3, -0.25) is 9.36 Å². The van der Waals surface area contributed by atoms with Crippen molar-refractivity contribution in [1.29, 1.82) is 0 Å². The molecule has 8 nitrogen and oxygen atoms in total. The summed E-state index contributed by atoms with van der Waals surface area (Å²) in [5.74, 6) is -0.215. The lowest BCUT2D eigenvalue weighted by molar-refractivity contribution is -0.870. The fourth-order valence-corrected chi connectivity index (χ4v) is 6.24. The molecule has 0 bridgehead atoms. The molecule has 1 unspecified atom stereocenters. The number of phosphoric ester groups is 1. The third kappa shape index (κ3) is 35.1. The first kappa shape index (κ1) is 48.7. The van der Waals surface area contributed by atoms with Gasteiger partial charge < -0.3 is 28.8 Å². The molecular formula is C41H79N2O6P. The maximum absolute atomic E-state index is 12.8. The van der Waals surface area contributed by atoms with Crippen molar-refractivity contribution >= 4 is 13.7 Å². The van der Waals surface area contributed by atoms with Crippen LogP contribution in [0.15, 0.2) is 36.5 Å². The molecule has 50 heavy (non-hydrogen) atoms. The largest absolute Gasteiger partial charge is 0.756 e. The van der Waals surface area contributed by atoms with E-state index in [1.165, 1.54) is 109 Å². The highest BCUT2D eigenvalue weighted by Gasteiger charge is 2.23. The van der Waals surface area contributed by atoms with Crippen LogP contribution >= 0.6 is 7.82 Å². The molecular weight excluding hydrogens is 647 g/mol. The van der Waals surface area contributed by atoms with Crippen molar-refractivity contribution in [2.24, 2.45) is 0 Å². The summed E-state index contributed by atoms with van der Waals surface area (Å²) in [6.45, 7) is 4.57. The Kier molecular flexibility index (Phi) is 32.7. The number of rotatable bonds is 36. The van der Waals surface area contributed by atoms with Gasteiger partial charge in [0, 0.05) is 6.42 Å². The fourth-order valence-electron chi connectivity index (χ4n) is 5.51. The van der Waals surface area contributed by atoms with E-state index in [1.807, 2.05) is 27.2 Å². The molecule has 0 aromatic heterocycles. The Morgan fingerprint density at radius 3 is 1.62 bits per heavy atom. The molecule has 0 rings (SSSR count). The van der Waals surface area contributed by atoms with Crippen LogP contribution in [0.2, 0.25) is 0 Å². The summed E-state index contributed by atoms with van der Waals surface area (Å²) in [6.07, 6.45) is 39.0. The Bertz CT molecular complexity index is 917. The number of likely N-dealkylation sites (N-methyl/N-ethyl adjacent to an activating group) is 1. The van der Waals surface area contributed by atoms with Gasteiger partial charge in [-0.2, -0.15) is 0 Å². The van der Waals surface area contributed by atoms with Crippen molar-refractivity contribution in [3.63, 3.8) is 0 Å². The summed E-state index contributed by atoms with van der Waals surface area (Å²) in [4.78, 5) is 25.2. The Morgan fingerprint density at radius 1 is 0.680 bits per heavy atom. The number of amides is 1. The number of nitrogens with one attached hydrogen (secondary N) is 1. The number of unbranched alkanes of at least 4 members (excludes halogenated alkanes) is 19. The Labute approximate surface area is 308 Å². The van der Waals surface area contributed by atoms with E-state index in [0.29, 0.717) is 17.4 Å². The van der Waals surface area contributed by atoms with Crippen molar-refractivity contribution in [2.45, 2.75) is 180 Å². The van der Waals surface area contributed by atoms with E-state index < -0.39 is 26.6 Å². The third-order valence-corrected chi connectivity index (χ3v) is 9.79. The maximum atomic E-state index is 12.8. The van der Waals surface area contributed by atoms with Crippen LogP contribution in [0.3, 0.4) is 0 Å². The van der Waals surface area contributed by atoms with Crippen molar-refractivity contribution in [3.8, 4) is 0 Å². The summed E-state index contributed by atoms with van der Waals surface area (Å²) >= 11 is 0. The standard InChI is InChI=1S/C41H79N2O6P/c1-6-8-10-12-14-16-18-19-20-21-22-23-25-27-29-31-33-35-41(45)42-39(38-49-50(46,47)48-37-36-43(3,4)5)40(44)34-32-30-28-26-24-17-15-13-11-9-7-2/h19-20,24,26,32,34,39-40,44H,6-18,21-23,25,27-31,33,35-38H2,1-5H3,(H-,42,45,46,47)/b20-19+,26-24+,34-32+/t39-,40+/m0/s1. The molecule has 0 aliphatic heterocycles. The highest BCUT2D eigenvalue weighted by Crippen LogP contribution is 2.38. The molecule has 2 N–H and O–H groups in total. The third-order valence-electron chi connectivity index (χ3n) is 8.82. The van der Waals surface area contributed by atoms with Crippen LogP contribution in [0, 0.1) is 0 Å². The SMILES string of the molecule is CCCCCCC/C=C/CC/C=C/[C@@H](O)[C@H](COP(=O)([O-])OCC[N+](C)(C)C)NC(=O)CCCCCCCCC/C=C/CCCCCCCC. The number of hydrogen-bond donors (Lipinski definition) is 2. The molecule has 1 amide bonds. The topological polar surface area (TPSA) is 108 Å². The van der Waals surface area contributed by atoms with Crippen molar-refractivity contribution in [2.75, 3.05) is 40.9 Å². The van der Waals surface area contributed by atoms with E-state index in [1.54, 1.807) is 6.08 Å². The minimum Gasteiger partial charge on any atom is -0.756 e. The van der Waals surface area contributed by atoms with E-state index in [9.17, 15) is 19.4 Å². The molecule has 3 atom stereocenters. The number of carbonyl (C=O) groups is 1. The van der Waals surface area contributed by atoms with Gasteiger partial charge in [0.15, 0.2) is 0 Å². The summed E-state index contributed by atoms with van der Waals surface area (Å²) in [5.41, 5.74) is 0. The van der Waals surface area contributed by atoms with E-state index in [-0.39, 0.29) is 12.5 Å². The number of aliphatic hydroxyl groups excluding tert-OH is 1. The number of carbonyl (C=O) groups excluding carboxylic acids is 1. The highest BCUT2D eigenvalue weighted by molar-refractivity contribution is 7.45. The number of nitrogens with zero attached hydrogens (tertiary/aromatic N) is 1. The van der Waals surface area contributed by atoms with Gasteiger partial charge in [0.25, 0.3) is 7.82 Å². The number of allylic oxidation sites excluding steroid dienone is 5. The maximum Gasteiger partial charge on any atom is 0.268 e. The minimum atomic E-state index is -4.59. The smallest absolute Gasteiger partial charge is 0.268 e. The molecule has 0 aliphatic rings. The van der Waals surface area contributed by atoms with Crippen LogP contribution in [0.4, 0.5) is 0 Å². The van der Waals surface area contributed by atoms with Crippen LogP contribution in [0.5, 0.6) is 0 Å². The van der Waals surface area contributed by atoms with E-state index in [4.69, 9.17) is 9.05 Å². The monoisotopic (exact) mass is 727 g/mol. The molecule has 0 aromatic carbocycles. The number of phosphoric acid groups is 1. The Balaban J connectivity index is 4.48. The van der Waals surface area contributed by atoms with Crippen molar-refractivity contribution in [3.05, 3.63) is 36.5 Å². The molecule has 0 saturated heterocycles. The van der Waals surface area contributed by atoms with Gasteiger partial charge in [0.2, 0.25) is 5.91 Å². The molecule has 9 heteroatoms. The molecule has 0 spiro atoms. The average molecular weight is 727 g/mol. The fraction of sp³-hybridized carbons (Fsp3) is 0.829. The second kappa shape index (κ2) is 33.5. The van der Waals surface area contributed by atoms with Gasteiger partial charge in [-0.05, 0) is 57.8 Å². The molecule has 0 heterocycles. The lowest BCUT2D eigenvalue weighted by atomic mass is 10.1. The number of quaternary nitrogens is 1. The van der Waals surface area contributed by atoms with Gasteiger partial charge in [0.05, 0.1) is 39.9 Å². The molecule has 0 aromatic rings. The second-order valence-electron chi connectivity index (χ2n) is 15.0. The zero-order valence-corrected chi connectivity index (χ0v) is 34.0. The Hall–Kier alpha value is -1.28. The molecule has 0 fully saturated rings. The van der Waals surface area contributed by atoms with Gasteiger partial charge in [-0.25, -0.2) is 0 Å². The summed E-state index contributed by atoms with van der Waals surface area (Å²) in [6, 6.07) is -0.901. The average Bonchev–Trinajstić information content (AvgIpc) is 3.06. The van der Waals surface area contributed by atoms with E-state index in [2.05, 4.69) is 43.5 Å². The van der Waals surface area contributed by atoms with Crippen LogP contribution in [-0.4, -0.2) is 68.5 Å². The van der Waals surface area contributed by atoms with Crippen LogP contribution in [-0.2, 0) is 18.4 Å². The van der Waals surface area contributed by atoms with E-state index in [0.717, 1.165) is 38.5 Å². The van der Waals surface area contributed by atoms with Gasteiger partial charge in [-0.1, -0.05) is 140 Å². The van der Waals surface area contributed by atoms with E-state index >= 15 is 0 Å². The minimum absolute atomic E-state index is 0.00756. The van der Waals surface area contributed by atoms with Crippen LogP contribution in [0.1, 0.15) is 168 Å². The van der Waals surface area contributed by atoms with Gasteiger partial charge >= 0.3 is 0 Å². The Morgan fingerprint density at radius 2 is 1.12 bits per heavy atom. The zero-order chi connectivity index (χ0) is 37.2. The van der Waals surface area contributed by atoms with Gasteiger partial charge in [-0.15, -0.1) is 0 Å². The molecule has 0 aliphatic carbocycles. The molecule has 0 saturated carbocycles. The second-order valence-corrected chi connectivity index (χ2v) is 16.4. The summed E-state index contributed by atoms with van der Waals surface area (Å²) in [7, 11) is 1.24. The first-order valence-corrected chi connectivity index (χ1v) is 21.8. The number of aliphatic hydroxyl groups is 1. The predicted molar refractivity (Wildman–Crippen MR) is 210 cm³/mol. The summed E-state index contributed by atoms with van der Waals surface area (Å²) < 4.78 is 23.1. The quantitative estimate of drug-likeness (QED) is 0.0288. The first-order valence-electron chi connectivity index (χ1n) is 20.4. The predicted octanol–water partition coefficient (Wildman–Crippen LogP) is 10.1. The highest BCUT2D eigenvalue weighted by atomic mass is 31.2. The first-order chi connectivity index (χ1) is 24.0. The van der Waals surface area contributed by atoms with Gasteiger partial charge in [0.1, 0.15) is 13.2 Å². The molecule has 294 valence electrons. The normalized spacial score (nSPS) is 14.9. The lowest BCUT2D eigenvalue weighted by Crippen LogP contribution is -2.45. The number of hydrogen-bond acceptors (Lipinski definition) is 6.